The first-order chi connectivity index (χ1) is 7.00. The van der Waals surface area contributed by atoms with Gasteiger partial charge in [0, 0.05) is 25.4 Å². The van der Waals surface area contributed by atoms with E-state index < -0.39 is 5.97 Å². The number of hydrogen-bond acceptors (Lipinski definition) is 6. The van der Waals surface area contributed by atoms with Crippen molar-refractivity contribution in [3.05, 3.63) is 12.2 Å². The average Bonchev–Trinajstić information content (AvgIpc) is 2.62. The van der Waals surface area contributed by atoms with E-state index in [0.717, 1.165) is 9.47 Å². The third-order valence-corrected chi connectivity index (χ3v) is 3.76. The van der Waals surface area contributed by atoms with Gasteiger partial charge in [-0.3, -0.25) is 0 Å². The van der Waals surface area contributed by atoms with E-state index in [9.17, 15) is 4.79 Å². The van der Waals surface area contributed by atoms with Gasteiger partial charge in [-0.25, -0.2) is 4.79 Å². The van der Waals surface area contributed by atoms with E-state index in [-0.39, 0.29) is 5.57 Å². The molecule has 15 heavy (non-hydrogen) atoms. The number of carbonyl (C=O) groups is 1. The second-order valence-electron chi connectivity index (χ2n) is 2.94. The van der Waals surface area contributed by atoms with Gasteiger partial charge in [-0.15, -0.1) is 10.2 Å². The van der Waals surface area contributed by atoms with Gasteiger partial charge in [0.05, 0.1) is 0 Å². The molecule has 0 amide bonds. The molecular formula is C8H11N3O2S2. The van der Waals surface area contributed by atoms with Crippen molar-refractivity contribution in [1.82, 2.24) is 10.2 Å². The summed E-state index contributed by atoms with van der Waals surface area (Å²) in [5.41, 5.74) is 0.168. The Morgan fingerprint density at radius 2 is 2.27 bits per heavy atom. The van der Waals surface area contributed by atoms with Crippen LogP contribution in [0.2, 0.25) is 0 Å². The van der Waals surface area contributed by atoms with E-state index in [1.165, 1.54) is 23.1 Å². The van der Waals surface area contributed by atoms with E-state index in [1.807, 2.05) is 19.0 Å². The monoisotopic (exact) mass is 245 g/mol. The molecule has 0 atom stereocenters. The number of carboxylic acid groups (broad SMARTS) is 1. The second-order valence-corrected chi connectivity index (χ2v) is 5.12. The van der Waals surface area contributed by atoms with Gasteiger partial charge >= 0.3 is 5.97 Å². The molecule has 0 spiro atoms. The van der Waals surface area contributed by atoms with Crippen LogP contribution in [0.3, 0.4) is 0 Å². The highest BCUT2D eigenvalue weighted by molar-refractivity contribution is 8.01. The Hall–Kier alpha value is -1.08. The summed E-state index contributed by atoms with van der Waals surface area (Å²) in [7, 11) is 3.76. The molecule has 0 fully saturated rings. The molecule has 1 aromatic rings. The first kappa shape index (κ1) is 12.0. The Balaban J connectivity index is 2.51. The minimum absolute atomic E-state index is 0.168. The summed E-state index contributed by atoms with van der Waals surface area (Å²) in [6.45, 7) is 3.44. The van der Waals surface area contributed by atoms with Crippen molar-refractivity contribution in [2.24, 2.45) is 0 Å². The van der Waals surface area contributed by atoms with Crippen LogP contribution in [-0.4, -0.2) is 41.1 Å². The first-order valence-corrected chi connectivity index (χ1v) is 5.85. The van der Waals surface area contributed by atoms with Crippen LogP contribution in [-0.2, 0) is 4.79 Å². The standard InChI is InChI=1S/C8H11N3O2S2/c1-5(6(12)13)4-14-8-10-9-7(15-8)11(2)3/h1,4H2,2-3H3,(H,12,13). The number of anilines is 1. The van der Waals surface area contributed by atoms with Gasteiger partial charge in [0.1, 0.15) is 0 Å². The molecule has 0 unspecified atom stereocenters. The maximum Gasteiger partial charge on any atom is 0.331 e. The maximum absolute atomic E-state index is 10.5. The lowest BCUT2D eigenvalue weighted by molar-refractivity contribution is -0.132. The summed E-state index contributed by atoms with van der Waals surface area (Å²) in [5.74, 6) is -0.642. The number of aromatic nitrogens is 2. The molecule has 0 saturated heterocycles. The van der Waals surface area contributed by atoms with Gasteiger partial charge in [0.25, 0.3) is 0 Å². The van der Waals surface area contributed by atoms with Crippen LogP contribution in [0.15, 0.2) is 16.5 Å². The molecule has 7 heteroatoms. The average molecular weight is 245 g/mol. The summed E-state index contributed by atoms with van der Waals surface area (Å²) >= 11 is 2.76. The van der Waals surface area contributed by atoms with Gasteiger partial charge in [-0.05, 0) is 0 Å². The number of aliphatic carboxylic acids is 1. The van der Waals surface area contributed by atoms with Gasteiger partial charge < -0.3 is 10.0 Å². The second kappa shape index (κ2) is 5.13. The van der Waals surface area contributed by atoms with Crippen LogP contribution in [0.1, 0.15) is 0 Å². The van der Waals surface area contributed by atoms with Crippen molar-refractivity contribution in [2.45, 2.75) is 4.34 Å². The maximum atomic E-state index is 10.5. The molecule has 1 heterocycles. The Morgan fingerprint density at radius 3 is 2.73 bits per heavy atom. The number of nitrogens with zero attached hydrogens (tertiary/aromatic N) is 3. The van der Waals surface area contributed by atoms with Crippen molar-refractivity contribution in [2.75, 3.05) is 24.7 Å². The molecule has 0 saturated carbocycles. The molecule has 1 N–H and O–H groups in total. The largest absolute Gasteiger partial charge is 0.478 e. The van der Waals surface area contributed by atoms with Crippen molar-refractivity contribution >= 4 is 34.2 Å². The van der Waals surface area contributed by atoms with Gasteiger partial charge in [0.15, 0.2) is 4.34 Å². The molecular weight excluding hydrogens is 234 g/mol. The molecule has 0 aliphatic heterocycles. The molecule has 0 aromatic carbocycles. The lowest BCUT2D eigenvalue weighted by atomic mass is 10.4. The zero-order chi connectivity index (χ0) is 11.4. The highest BCUT2D eigenvalue weighted by Gasteiger charge is 2.09. The first-order valence-electron chi connectivity index (χ1n) is 4.05. The van der Waals surface area contributed by atoms with Crippen LogP contribution in [0.25, 0.3) is 0 Å². The third kappa shape index (κ3) is 3.52. The minimum atomic E-state index is -0.972. The van der Waals surface area contributed by atoms with Gasteiger partial charge in [-0.2, -0.15) is 0 Å². The predicted octanol–water partition coefficient (Wildman–Crippen LogP) is 1.34. The van der Waals surface area contributed by atoms with E-state index in [2.05, 4.69) is 16.8 Å². The SMILES string of the molecule is C=C(CSc1nnc(N(C)C)s1)C(=O)O. The smallest absolute Gasteiger partial charge is 0.331 e. The molecule has 0 bridgehead atoms. The quantitative estimate of drug-likeness (QED) is 0.623. The van der Waals surface area contributed by atoms with Crippen molar-refractivity contribution < 1.29 is 9.90 Å². The normalized spacial score (nSPS) is 10.0. The predicted molar refractivity (Wildman–Crippen MR) is 61.7 cm³/mol. The number of carboxylic acids is 1. The molecule has 0 aliphatic carbocycles. The minimum Gasteiger partial charge on any atom is -0.478 e. The van der Waals surface area contributed by atoms with E-state index in [0.29, 0.717) is 5.75 Å². The summed E-state index contributed by atoms with van der Waals surface area (Å²) in [6.07, 6.45) is 0. The van der Waals surface area contributed by atoms with E-state index >= 15 is 0 Å². The summed E-state index contributed by atoms with van der Waals surface area (Å²) < 4.78 is 0.751. The van der Waals surface area contributed by atoms with Crippen LogP contribution >= 0.6 is 23.1 Å². The zero-order valence-electron chi connectivity index (χ0n) is 8.43. The fraction of sp³-hybridized carbons (Fsp3) is 0.375. The van der Waals surface area contributed by atoms with Crippen LogP contribution in [0, 0.1) is 0 Å². The lowest BCUT2D eigenvalue weighted by Crippen LogP contribution is -2.07. The van der Waals surface area contributed by atoms with Crippen LogP contribution < -0.4 is 4.90 Å². The fourth-order valence-corrected chi connectivity index (χ4v) is 2.31. The van der Waals surface area contributed by atoms with Gasteiger partial charge in [0.2, 0.25) is 5.13 Å². The number of thioether (sulfide) groups is 1. The fourth-order valence-electron chi connectivity index (χ4n) is 0.652. The lowest BCUT2D eigenvalue weighted by Gasteiger charge is -2.03. The Labute approximate surface area is 95.8 Å². The number of rotatable bonds is 5. The van der Waals surface area contributed by atoms with Crippen molar-refractivity contribution in [3.63, 3.8) is 0 Å². The molecule has 5 nitrogen and oxygen atoms in total. The highest BCUT2D eigenvalue weighted by Crippen LogP contribution is 2.27. The number of hydrogen-bond donors (Lipinski definition) is 1. The van der Waals surface area contributed by atoms with Gasteiger partial charge in [-0.1, -0.05) is 29.7 Å². The molecule has 0 radical (unpaired) electrons. The summed E-state index contributed by atoms with van der Waals surface area (Å²) in [5, 5.41) is 17.3. The Bertz CT molecular complexity index is 376. The topological polar surface area (TPSA) is 66.3 Å². The Kier molecular flexibility index (Phi) is 4.10. The van der Waals surface area contributed by atoms with E-state index in [4.69, 9.17) is 5.11 Å². The third-order valence-electron chi connectivity index (χ3n) is 1.45. The summed E-state index contributed by atoms with van der Waals surface area (Å²) in [6, 6.07) is 0. The van der Waals surface area contributed by atoms with Crippen LogP contribution in [0.4, 0.5) is 5.13 Å². The van der Waals surface area contributed by atoms with Crippen LogP contribution in [0.5, 0.6) is 0 Å². The van der Waals surface area contributed by atoms with Crippen molar-refractivity contribution in [3.8, 4) is 0 Å². The van der Waals surface area contributed by atoms with E-state index in [1.54, 1.807) is 0 Å². The molecule has 1 aromatic heterocycles. The Morgan fingerprint density at radius 1 is 1.60 bits per heavy atom. The molecule has 82 valence electrons. The zero-order valence-corrected chi connectivity index (χ0v) is 10.1. The highest BCUT2D eigenvalue weighted by atomic mass is 32.2. The summed E-state index contributed by atoms with van der Waals surface area (Å²) in [4.78, 5) is 12.3. The van der Waals surface area contributed by atoms with Crippen molar-refractivity contribution in [1.29, 1.82) is 0 Å². The molecule has 0 aliphatic rings. The molecule has 1 rings (SSSR count).